The fourth-order valence-electron chi connectivity index (χ4n) is 7.59. The lowest BCUT2D eigenvalue weighted by molar-refractivity contribution is -0.167. The molecule has 0 heterocycles. The van der Waals surface area contributed by atoms with Crippen molar-refractivity contribution in [3.63, 3.8) is 0 Å². The number of hydrogen-bond acceptors (Lipinski definition) is 6. The number of carbonyl (C=O) groups excluding carboxylic acids is 3. The zero-order chi connectivity index (χ0) is 49.3. The summed E-state index contributed by atoms with van der Waals surface area (Å²) in [4.78, 5) is 38.1. The Labute approximate surface area is 419 Å². The first-order chi connectivity index (χ1) is 33.5. The summed E-state index contributed by atoms with van der Waals surface area (Å²) in [5.74, 6) is -0.972. The molecule has 0 rings (SSSR count). The van der Waals surface area contributed by atoms with Crippen molar-refractivity contribution in [1.82, 2.24) is 0 Å². The minimum absolute atomic E-state index is 0.106. The number of allylic oxidation sites excluding steroid dienone is 16. The summed E-state index contributed by atoms with van der Waals surface area (Å²) in [6, 6.07) is 0. The van der Waals surface area contributed by atoms with Gasteiger partial charge in [0.1, 0.15) is 13.2 Å². The summed E-state index contributed by atoms with van der Waals surface area (Å²) >= 11 is 0. The second kappa shape index (κ2) is 55.9. The highest BCUT2D eigenvalue weighted by Crippen LogP contribution is 2.15. The largest absolute Gasteiger partial charge is 0.462 e. The van der Waals surface area contributed by atoms with E-state index < -0.39 is 6.10 Å². The SMILES string of the molecule is CC/C=C\C/C=C\C/C=C\C/C=C\CCCCC(=O)OC[C@H](COC(=O)CCCCC/C=C\C/C=C\C/C=C\C/C=C\CCCCC)OC(=O)CCCCCCCCCCCCCCCCCC. The quantitative estimate of drug-likeness (QED) is 0.0262. The van der Waals surface area contributed by atoms with E-state index in [1.807, 2.05) is 0 Å². The van der Waals surface area contributed by atoms with Gasteiger partial charge in [-0.1, -0.05) is 234 Å². The Morgan fingerprint density at radius 1 is 0.309 bits per heavy atom. The molecule has 388 valence electrons. The molecule has 0 aliphatic rings. The van der Waals surface area contributed by atoms with E-state index in [0.717, 1.165) is 109 Å². The molecule has 0 aromatic rings. The van der Waals surface area contributed by atoms with Crippen LogP contribution in [0.3, 0.4) is 0 Å². The fourth-order valence-corrected chi connectivity index (χ4v) is 7.59. The average molecular weight is 946 g/mol. The van der Waals surface area contributed by atoms with Gasteiger partial charge < -0.3 is 14.2 Å². The maximum absolute atomic E-state index is 12.8. The normalized spacial score (nSPS) is 12.8. The van der Waals surface area contributed by atoms with Crippen molar-refractivity contribution in [2.45, 2.75) is 264 Å². The van der Waals surface area contributed by atoms with Gasteiger partial charge in [0.05, 0.1) is 0 Å². The van der Waals surface area contributed by atoms with Crippen molar-refractivity contribution < 1.29 is 28.6 Å². The molecule has 0 aliphatic heterocycles. The van der Waals surface area contributed by atoms with Crippen LogP contribution in [0.4, 0.5) is 0 Å². The van der Waals surface area contributed by atoms with E-state index in [2.05, 4.69) is 118 Å². The number of unbranched alkanes of at least 4 members (excludes halogenated alkanes) is 23. The third-order valence-corrected chi connectivity index (χ3v) is 11.8. The van der Waals surface area contributed by atoms with Gasteiger partial charge in [0, 0.05) is 19.3 Å². The van der Waals surface area contributed by atoms with E-state index in [1.165, 1.54) is 109 Å². The summed E-state index contributed by atoms with van der Waals surface area (Å²) in [6.45, 7) is 6.44. The molecule has 0 N–H and O–H groups in total. The zero-order valence-corrected chi connectivity index (χ0v) is 44.3. The van der Waals surface area contributed by atoms with E-state index in [4.69, 9.17) is 14.2 Å². The van der Waals surface area contributed by atoms with Crippen LogP contribution >= 0.6 is 0 Å². The predicted molar refractivity (Wildman–Crippen MR) is 293 cm³/mol. The van der Waals surface area contributed by atoms with Crippen molar-refractivity contribution in [2.75, 3.05) is 13.2 Å². The van der Waals surface area contributed by atoms with Crippen LogP contribution in [0.15, 0.2) is 97.2 Å². The first-order valence-corrected chi connectivity index (χ1v) is 28.2. The van der Waals surface area contributed by atoms with Gasteiger partial charge in [-0.05, 0) is 103 Å². The lowest BCUT2D eigenvalue weighted by Crippen LogP contribution is -2.30. The van der Waals surface area contributed by atoms with Gasteiger partial charge in [-0.2, -0.15) is 0 Å². The minimum Gasteiger partial charge on any atom is -0.462 e. The van der Waals surface area contributed by atoms with Gasteiger partial charge in [-0.25, -0.2) is 0 Å². The maximum Gasteiger partial charge on any atom is 0.306 e. The molecule has 0 saturated heterocycles. The molecular weight excluding hydrogens is 841 g/mol. The van der Waals surface area contributed by atoms with Crippen LogP contribution in [0.2, 0.25) is 0 Å². The Morgan fingerprint density at radius 3 is 0.956 bits per heavy atom. The lowest BCUT2D eigenvalue weighted by atomic mass is 10.0. The second-order valence-corrected chi connectivity index (χ2v) is 18.5. The Balaban J connectivity index is 4.49. The van der Waals surface area contributed by atoms with E-state index in [1.54, 1.807) is 0 Å². The zero-order valence-electron chi connectivity index (χ0n) is 44.3. The van der Waals surface area contributed by atoms with Crippen LogP contribution in [0, 0.1) is 0 Å². The third-order valence-electron chi connectivity index (χ3n) is 11.8. The van der Waals surface area contributed by atoms with Gasteiger partial charge in [-0.3, -0.25) is 14.4 Å². The Morgan fingerprint density at radius 2 is 0.574 bits per heavy atom. The van der Waals surface area contributed by atoms with Crippen LogP contribution < -0.4 is 0 Å². The molecule has 1 atom stereocenters. The maximum atomic E-state index is 12.8. The highest BCUT2D eigenvalue weighted by molar-refractivity contribution is 5.71. The molecule has 0 aliphatic carbocycles. The summed E-state index contributed by atoms with van der Waals surface area (Å²) in [7, 11) is 0. The van der Waals surface area contributed by atoms with Crippen molar-refractivity contribution in [3.05, 3.63) is 97.2 Å². The van der Waals surface area contributed by atoms with E-state index in [0.29, 0.717) is 19.3 Å². The third kappa shape index (κ3) is 53.3. The first-order valence-electron chi connectivity index (χ1n) is 28.2. The van der Waals surface area contributed by atoms with Crippen LogP contribution in [0.25, 0.3) is 0 Å². The first kappa shape index (κ1) is 64.3. The molecule has 0 amide bonds. The Kier molecular flexibility index (Phi) is 52.9. The smallest absolute Gasteiger partial charge is 0.306 e. The number of hydrogen-bond donors (Lipinski definition) is 0. The van der Waals surface area contributed by atoms with Crippen molar-refractivity contribution in [3.8, 4) is 0 Å². The average Bonchev–Trinajstić information content (AvgIpc) is 3.34. The summed E-state index contributed by atoms with van der Waals surface area (Å²) in [5, 5.41) is 0. The number of rotatable bonds is 50. The molecular formula is C62H104O6. The highest BCUT2D eigenvalue weighted by atomic mass is 16.6. The fraction of sp³-hybridized carbons (Fsp3) is 0.694. The van der Waals surface area contributed by atoms with Gasteiger partial charge in [0.25, 0.3) is 0 Å². The standard InChI is InChI=1S/C62H104O6/c1-4-7-10-13-16-19-22-25-28-30-31-32-35-37-40-43-46-49-52-55-61(64)67-58-59(57-66-60(63)54-51-48-45-42-39-36-33-27-24-21-18-15-12-9-6-3)68-62(65)56-53-50-47-44-41-38-34-29-26-23-20-17-14-11-8-5-2/h9,12,16,18-19,21,25,27-28,31-33,37,39-40,42,59H,4-8,10-11,13-15,17,20,22-24,26,29-30,34-36,38,41,43-58H2,1-3H3/b12-9-,19-16-,21-18-,28-25-,32-31-,33-27-,40-37-,42-39-/t59-/m1/s1. The van der Waals surface area contributed by atoms with Gasteiger partial charge >= 0.3 is 17.9 Å². The molecule has 0 aromatic heterocycles. The van der Waals surface area contributed by atoms with E-state index >= 15 is 0 Å². The molecule has 0 spiro atoms. The molecule has 0 unspecified atom stereocenters. The number of carbonyl (C=O) groups is 3. The van der Waals surface area contributed by atoms with Crippen LogP contribution in [-0.2, 0) is 28.6 Å². The second-order valence-electron chi connectivity index (χ2n) is 18.5. The Hall–Kier alpha value is -3.67. The monoisotopic (exact) mass is 945 g/mol. The molecule has 6 nitrogen and oxygen atoms in total. The van der Waals surface area contributed by atoms with Gasteiger partial charge in [-0.15, -0.1) is 0 Å². The topological polar surface area (TPSA) is 78.9 Å². The van der Waals surface area contributed by atoms with Crippen LogP contribution in [0.1, 0.15) is 258 Å². The van der Waals surface area contributed by atoms with Crippen LogP contribution in [0.5, 0.6) is 0 Å². The minimum atomic E-state index is -0.807. The van der Waals surface area contributed by atoms with Crippen molar-refractivity contribution in [2.24, 2.45) is 0 Å². The van der Waals surface area contributed by atoms with E-state index in [-0.39, 0.29) is 31.1 Å². The number of ether oxygens (including phenoxy) is 3. The van der Waals surface area contributed by atoms with Gasteiger partial charge in [0.15, 0.2) is 6.10 Å². The summed E-state index contributed by atoms with van der Waals surface area (Å²) in [6.07, 6.45) is 73.9. The predicted octanol–water partition coefficient (Wildman–Crippen LogP) is 18.9. The van der Waals surface area contributed by atoms with Gasteiger partial charge in [0.2, 0.25) is 0 Å². The van der Waals surface area contributed by atoms with E-state index in [9.17, 15) is 14.4 Å². The lowest BCUT2D eigenvalue weighted by Gasteiger charge is -2.18. The Bertz CT molecular complexity index is 1360. The van der Waals surface area contributed by atoms with Crippen molar-refractivity contribution in [1.29, 1.82) is 0 Å². The molecule has 0 aromatic carbocycles. The summed E-state index contributed by atoms with van der Waals surface area (Å²) in [5.41, 5.74) is 0. The molecule has 68 heavy (non-hydrogen) atoms. The number of esters is 3. The van der Waals surface area contributed by atoms with Crippen molar-refractivity contribution >= 4 is 17.9 Å². The molecule has 0 radical (unpaired) electrons. The molecule has 0 bridgehead atoms. The molecule has 6 heteroatoms. The molecule has 0 fully saturated rings. The molecule has 0 saturated carbocycles. The van der Waals surface area contributed by atoms with Crippen LogP contribution in [-0.4, -0.2) is 37.2 Å². The summed E-state index contributed by atoms with van der Waals surface area (Å²) < 4.78 is 16.8. The highest BCUT2D eigenvalue weighted by Gasteiger charge is 2.19.